The Labute approximate surface area is 301 Å². The monoisotopic (exact) mass is 756 g/mol. The molecule has 3 atom stereocenters. The summed E-state index contributed by atoms with van der Waals surface area (Å²) in [5, 5.41) is 11.7. The summed E-state index contributed by atoms with van der Waals surface area (Å²) in [6, 6.07) is 2.47. The minimum absolute atomic E-state index is 0.0192. The quantitative estimate of drug-likeness (QED) is 0.236. The van der Waals surface area contributed by atoms with Gasteiger partial charge in [-0.25, -0.2) is 30.7 Å². The summed E-state index contributed by atoms with van der Waals surface area (Å²) in [6.07, 6.45) is -0.542. The fraction of sp³-hybridized carbons (Fsp3) is 0.639. The number of benzene rings is 1. The third kappa shape index (κ3) is 8.64. The van der Waals surface area contributed by atoms with Crippen LogP contribution in [0, 0.1) is 17.7 Å². The maximum atomic E-state index is 15.8. The summed E-state index contributed by atoms with van der Waals surface area (Å²) in [4.78, 5) is 54.7. The lowest BCUT2D eigenvalue weighted by atomic mass is 9.81. The van der Waals surface area contributed by atoms with Crippen LogP contribution in [-0.4, -0.2) is 81.2 Å². The second kappa shape index (κ2) is 14.6. The van der Waals surface area contributed by atoms with Crippen molar-refractivity contribution in [2.75, 3.05) is 18.4 Å². The number of aromatic nitrogens is 2. The minimum Gasteiger partial charge on any atom is -0.343 e. The third-order valence-corrected chi connectivity index (χ3v) is 11.1. The first-order chi connectivity index (χ1) is 24.9. The molecule has 10 nitrogen and oxygen atoms in total. The number of halogens is 7. The standard InChI is InChI=1S/C36H43F7N6O4/c1-2-27(50)46-29(32(53)48-14-11-34(38,39)12-15-48)33(9-10-33)23-5-6-25(24(37)16-23)45-31(52)28(22-4-3-8-35(40,41)19-22)47-30(51)26-7-13-44-49(26)20-21-17-36(42,43)18-21/h5-7,13,16,21-22,28-29H,2-4,8-12,14-15,17-20H2,1H3,(H,45,52)(H,46,50)(H,47,51)/t22-,28-,29-/m0/s1. The van der Waals surface area contributed by atoms with Gasteiger partial charge in [0.05, 0.1) is 5.69 Å². The molecule has 17 heteroatoms. The molecule has 0 bridgehead atoms. The molecule has 3 N–H and O–H groups in total. The van der Waals surface area contributed by atoms with Crippen LogP contribution in [0.15, 0.2) is 30.5 Å². The Morgan fingerprint density at radius 2 is 1.58 bits per heavy atom. The van der Waals surface area contributed by atoms with Gasteiger partial charge in [0.2, 0.25) is 29.6 Å². The number of anilines is 1. The Bertz CT molecular complexity index is 1710. The van der Waals surface area contributed by atoms with Crippen molar-refractivity contribution in [1.82, 2.24) is 25.3 Å². The van der Waals surface area contributed by atoms with Crippen molar-refractivity contribution in [3.05, 3.63) is 47.5 Å². The van der Waals surface area contributed by atoms with Crippen molar-refractivity contribution < 1.29 is 49.9 Å². The van der Waals surface area contributed by atoms with Gasteiger partial charge in [-0.1, -0.05) is 13.0 Å². The molecule has 4 fully saturated rings. The second-order valence-corrected chi connectivity index (χ2v) is 15.1. The predicted octanol–water partition coefficient (Wildman–Crippen LogP) is 5.81. The first kappa shape index (κ1) is 38.5. The summed E-state index contributed by atoms with van der Waals surface area (Å²) in [5.74, 6) is -14.0. The number of piperidine rings is 1. The molecule has 4 aliphatic rings. The SMILES string of the molecule is CCC(=O)N[C@@H](C(=O)N1CCC(F)(F)CC1)C1(c2ccc(NC(=O)[C@@H](NC(=O)c3ccnn3CC3CC(F)(F)C3)[C@H]3CCCC(F)(F)C3)c(F)c2)CC1. The van der Waals surface area contributed by atoms with E-state index < -0.39 is 102 Å². The zero-order chi connectivity index (χ0) is 38.3. The highest BCUT2D eigenvalue weighted by Gasteiger charge is 2.56. The van der Waals surface area contributed by atoms with Crippen molar-refractivity contribution in [1.29, 1.82) is 0 Å². The van der Waals surface area contributed by atoms with Gasteiger partial charge in [0.15, 0.2) is 0 Å². The van der Waals surface area contributed by atoms with Crippen LogP contribution in [0.1, 0.15) is 93.6 Å². The van der Waals surface area contributed by atoms with Gasteiger partial charge < -0.3 is 20.9 Å². The van der Waals surface area contributed by atoms with Gasteiger partial charge in [-0.3, -0.25) is 23.9 Å². The first-order valence-electron chi connectivity index (χ1n) is 18.1. The lowest BCUT2D eigenvalue weighted by molar-refractivity contribution is -0.142. The van der Waals surface area contributed by atoms with Crippen molar-refractivity contribution in [3.8, 4) is 0 Å². The molecule has 4 amide bonds. The number of nitrogens with zero attached hydrogens (tertiary/aromatic N) is 3. The van der Waals surface area contributed by atoms with Gasteiger partial charge >= 0.3 is 0 Å². The molecule has 0 spiro atoms. The van der Waals surface area contributed by atoms with E-state index in [9.17, 15) is 45.5 Å². The Morgan fingerprint density at radius 3 is 2.19 bits per heavy atom. The number of hydrogen-bond donors (Lipinski definition) is 3. The summed E-state index contributed by atoms with van der Waals surface area (Å²) in [7, 11) is 0. The fourth-order valence-corrected chi connectivity index (χ4v) is 7.89. The molecule has 2 heterocycles. The summed E-state index contributed by atoms with van der Waals surface area (Å²) >= 11 is 0. The van der Waals surface area contributed by atoms with E-state index in [0.29, 0.717) is 18.4 Å². The Kier molecular flexibility index (Phi) is 10.6. The van der Waals surface area contributed by atoms with E-state index in [1.165, 1.54) is 34.0 Å². The van der Waals surface area contributed by atoms with Crippen LogP contribution in [-0.2, 0) is 26.3 Å². The highest BCUT2D eigenvalue weighted by atomic mass is 19.3. The van der Waals surface area contributed by atoms with Crippen LogP contribution in [0.5, 0.6) is 0 Å². The average molecular weight is 757 g/mol. The highest BCUT2D eigenvalue weighted by molar-refractivity contribution is 6.01. The molecule has 1 aromatic carbocycles. The lowest BCUT2D eigenvalue weighted by Gasteiger charge is -2.37. The molecule has 1 saturated heterocycles. The maximum absolute atomic E-state index is 15.8. The van der Waals surface area contributed by atoms with Gasteiger partial charge in [-0.15, -0.1) is 0 Å². The smallest absolute Gasteiger partial charge is 0.270 e. The van der Waals surface area contributed by atoms with Crippen molar-refractivity contribution in [2.24, 2.45) is 11.8 Å². The molecular weight excluding hydrogens is 713 g/mol. The van der Waals surface area contributed by atoms with Crippen LogP contribution in [0.2, 0.25) is 0 Å². The summed E-state index contributed by atoms with van der Waals surface area (Å²) < 4.78 is 101. The molecule has 6 rings (SSSR count). The number of hydrogen-bond acceptors (Lipinski definition) is 5. The minimum atomic E-state index is -3.11. The molecule has 0 unspecified atom stereocenters. The largest absolute Gasteiger partial charge is 0.343 e. The number of rotatable bonds is 12. The molecule has 3 saturated carbocycles. The number of likely N-dealkylation sites (tertiary alicyclic amines) is 1. The molecule has 290 valence electrons. The molecule has 2 aromatic rings. The van der Waals surface area contributed by atoms with Gasteiger partial charge in [0, 0.05) is 76.2 Å². The molecule has 1 aromatic heterocycles. The lowest BCUT2D eigenvalue weighted by Crippen LogP contribution is -2.56. The number of carbonyl (C=O) groups is 4. The summed E-state index contributed by atoms with van der Waals surface area (Å²) in [5.41, 5.74) is -1.08. The normalized spacial score (nSPS) is 23.9. The zero-order valence-electron chi connectivity index (χ0n) is 29.2. The number of carbonyl (C=O) groups excluding carboxylic acids is 4. The van der Waals surface area contributed by atoms with Gasteiger partial charge in [0.25, 0.3) is 11.8 Å². The van der Waals surface area contributed by atoms with E-state index in [1.807, 2.05) is 0 Å². The molecule has 0 radical (unpaired) electrons. The van der Waals surface area contributed by atoms with E-state index in [4.69, 9.17) is 0 Å². The highest BCUT2D eigenvalue weighted by Crippen LogP contribution is 2.52. The zero-order valence-corrected chi connectivity index (χ0v) is 29.2. The number of nitrogens with one attached hydrogen (secondary N) is 3. The molecule has 53 heavy (non-hydrogen) atoms. The Morgan fingerprint density at radius 1 is 0.887 bits per heavy atom. The second-order valence-electron chi connectivity index (χ2n) is 15.1. The molecule has 1 aliphatic heterocycles. The van der Waals surface area contributed by atoms with Crippen LogP contribution >= 0.6 is 0 Å². The van der Waals surface area contributed by atoms with E-state index >= 15 is 4.39 Å². The van der Waals surface area contributed by atoms with Crippen LogP contribution in [0.3, 0.4) is 0 Å². The Hall–Kier alpha value is -4.18. The molecular formula is C36H43F7N6O4. The van der Waals surface area contributed by atoms with Crippen LogP contribution in [0.4, 0.5) is 36.4 Å². The van der Waals surface area contributed by atoms with E-state index in [0.717, 1.165) is 6.07 Å². The first-order valence-corrected chi connectivity index (χ1v) is 18.1. The maximum Gasteiger partial charge on any atom is 0.270 e. The van der Waals surface area contributed by atoms with Gasteiger partial charge in [-0.05, 0) is 61.3 Å². The van der Waals surface area contributed by atoms with Gasteiger partial charge in [0.1, 0.15) is 23.6 Å². The number of amides is 4. The molecule has 3 aliphatic carbocycles. The predicted molar refractivity (Wildman–Crippen MR) is 177 cm³/mol. The van der Waals surface area contributed by atoms with Crippen LogP contribution in [0.25, 0.3) is 0 Å². The third-order valence-electron chi connectivity index (χ3n) is 11.1. The van der Waals surface area contributed by atoms with Crippen molar-refractivity contribution in [3.63, 3.8) is 0 Å². The summed E-state index contributed by atoms with van der Waals surface area (Å²) in [6.45, 7) is 1.20. The fourth-order valence-electron chi connectivity index (χ4n) is 7.89. The Balaban J connectivity index is 1.20. The average Bonchev–Trinajstić information content (AvgIpc) is 3.75. The van der Waals surface area contributed by atoms with Gasteiger partial charge in [-0.2, -0.15) is 5.10 Å². The van der Waals surface area contributed by atoms with E-state index in [-0.39, 0.29) is 63.1 Å². The number of alkyl halides is 6. The van der Waals surface area contributed by atoms with Crippen molar-refractivity contribution >= 4 is 29.3 Å². The van der Waals surface area contributed by atoms with E-state index in [1.54, 1.807) is 6.92 Å². The van der Waals surface area contributed by atoms with E-state index in [2.05, 4.69) is 21.0 Å². The topological polar surface area (TPSA) is 125 Å². The van der Waals surface area contributed by atoms with Crippen molar-refractivity contribution in [2.45, 2.75) is 119 Å². The van der Waals surface area contributed by atoms with Crippen LogP contribution < -0.4 is 16.0 Å².